The summed E-state index contributed by atoms with van der Waals surface area (Å²) in [7, 11) is 3.25. The molecule has 0 atom stereocenters. The predicted molar refractivity (Wildman–Crippen MR) is 75.7 cm³/mol. The molecule has 0 spiro atoms. The minimum atomic E-state index is 0.0860. The highest BCUT2D eigenvalue weighted by Crippen LogP contribution is 2.29. The van der Waals surface area contributed by atoms with E-state index in [9.17, 15) is 0 Å². The quantitative estimate of drug-likeness (QED) is 0.904. The fraction of sp³-hybridized carbons (Fsp3) is 0.182. The molecule has 0 unspecified atom stereocenters. The zero-order valence-corrected chi connectivity index (χ0v) is 11.7. The van der Waals surface area contributed by atoms with Crippen LogP contribution in [0.25, 0.3) is 0 Å². The molecular weight excluding hydrogens is 289 g/mol. The lowest BCUT2D eigenvalue weighted by molar-refractivity contribution is 0.417. The number of methoxy groups -OCH3 is 1. The van der Waals surface area contributed by atoms with E-state index in [1.807, 2.05) is 0 Å². The van der Waals surface area contributed by atoms with Crippen molar-refractivity contribution in [1.82, 2.24) is 15.0 Å². The third-order valence-electron chi connectivity index (χ3n) is 2.24. The lowest BCUT2D eigenvalue weighted by atomic mass is 10.3. The van der Waals surface area contributed by atoms with Gasteiger partial charge in [-0.1, -0.05) is 11.6 Å². The van der Waals surface area contributed by atoms with Crippen molar-refractivity contribution in [2.75, 3.05) is 24.8 Å². The standard InChI is InChI=1S/C11H11Cl2N5O/c1-14-10-16-9(13)17-11(18-10)15-7-5-6(12)3-4-8(7)19-2/h3-5H,1-2H3,(H2,14,15,16,17,18). The fourth-order valence-corrected chi connectivity index (χ4v) is 1.75. The van der Waals surface area contributed by atoms with Crippen LogP contribution in [0.1, 0.15) is 0 Å². The van der Waals surface area contributed by atoms with Crippen molar-refractivity contribution in [2.24, 2.45) is 0 Å². The highest BCUT2D eigenvalue weighted by molar-refractivity contribution is 6.31. The molecule has 0 fully saturated rings. The first-order valence-corrected chi connectivity index (χ1v) is 6.08. The molecular formula is C11H11Cl2N5O. The van der Waals surface area contributed by atoms with Gasteiger partial charge >= 0.3 is 0 Å². The fourth-order valence-electron chi connectivity index (χ4n) is 1.42. The average Bonchev–Trinajstić information content (AvgIpc) is 2.38. The molecule has 19 heavy (non-hydrogen) atoms. The number of nitrogens with one attached hydrogen (secondary N) is 2. The average molecular weight is 300 g/mol. The first-order chi connectivity index (χ1) is 9.12. The van der Waals surface area contributed by atoms with Gasteiger partial charge < -0.3 is 15.4 Å². The number of anilines is 3. The van der Waals surface area contributed by atoms with Gasteiger partial charge in [0.25, 0.3) is 0 Å². The summed E-state index contributed by atoms with van der Waals surface area (Å²) in [5.41, 5.74) is 0.638. The van der Waals surface area contributed by atoms with Gasteiger partial charge in [0.2, 0.25) is 17.2 Å². The minimum absolute atomic E-state index is 0.0860. The maximum absolute atomic E-state index is 5.94. The molecule has 0 aliphatic rings. The van der Waals surface area contributed by atoms with E-state index < -0.39 is 0 Å². The number of hydrogen-bond acceptors (Lipinski definition) is 6. The molecule has 0 aliphatic carbocycles. The van der Waals surface area contributed by atoms with Gasteiger partial charge in [0, 0.05) is 12.1 Å². The first kappa shape index (κ1) is 13.6. The van der Waals surface area contributed by atoms with Crippen LogP contribution in [0.2, 0.25) is 10.3 Å². The van der Waals surface area contributed by atoms with Crippen LogP contribution in [0.15, 0.2) is 18.2 Å². The van der Waals surface area contributed by atoms with Crippen LogP contribution in [-0.2, 0) is 0 Å². The molecule has 0 radical (unpaired) electrons. The number of halogens is 2. The van der Waals surface area contributed by atoms with Gasteiger partial charge in [-0.2, -0.15) is 15.0 Å². The molecule has 1 aromatic heterocycles. The van der Waals surface area contributed by atoms with Gasteiger partial charge in [-0.3, -0.25) is 0 Å². The van der Waals surface area contributed by atoms with E-state index >= 15 is 0 Å². The van der Waals surface area contributed by atoms with Crippen LogP contribution in [-0.4, -0.2) is 29.1 Å². The molecule has 8 heteroatoms. The summed E-state index contributed by atoms with van der Waals surface area (Å²) in [5.74, 6) is 1.28. The molecule has 1 aromatic carbocycles. The van der Waals surface area contributed by atoms with Gasteiger partial charge in [-0.25, -0.2) is 0 Å². The Labute approximate surface area is 120 Å². The molecule has 1 heterocycles. The molecule has 0 bridgehead atoms. The molecule has 2 rings (SSSR count). The molecule has 2 aromatic rings. The molecule has 6 nitrogen and oxygen atoms in total. The largest absolute Gasteiger partial charge is 0.495 e. The zero-order valence-electron chi connectivity index (χ0n) is 10.2. The number of ether oxygens (including phenoxy) is 1. The molecule has 0 saturated heterocycles. The lowest BCUT2D eigenvalue weighted by Gasteiger charge is -2.10. The molecule has 0 amide bonds. The van der Waals surface area contributed by atoms with E-state index in [-0.39, 0.29) is 5.28 Å². The summed E-state index contributed by atoms with van der Waals surface area (Å²) >= 11 is 11.7. The normalized spacial score (nSPS) is 10.1. The first-order valence-electron chi connectivity index (χ1n) is 5.32. The Morgan fingerprint density at radius 2 is 1.84 bits per heavy atom. The molecule has 2 N–H and O–H groups in total. The number of rotatable bonds is 4. The van der Waals surface area contributed by atoms with Crippen molar-refractivity contribution in [3.63, 3.8) is 0 Å². The summed E-state index contributed by atoms with van der Waals surface area (Å²) in [5, 5.41) is 6.43. The van der Waals surface area contributed by atoms with E-state index in [4.69, 9.17) is 27.9 Å². The Balaban J connectivity index is 2.35. The van der Waals surface area contributed by atoms with Crippen molar-refractivity contribution >= 4 is 40.8 Å². The van der Waals surface area contributed by atoms with Crippen LogP contribution in [0, 0.1) is 0 Å². The predicted octanol–water partition coefficient (Wildman–Crippen LogP) is 2.97. The van der Waals surface area contributed by atoms with Crippen molar-refractivity contribution in [3.05, 3.63) is 28.5 Å². The Hall–Kier alpha value is -1.79. The van der Waals surface area contributed by atoms with Crippen molar-refractivity contribution < 1.29 is 4.74 Å². The summed E-state index contributed by atoms with van der Waals surface area (Å²) < 4.78 is 5.22. The van der Waals surface area contributed by atoms with Gasteiger partial charge in [0.15, 0.2) is 0 Å². The second kappa shape index (κ2) is 5.90. The van der Waals surface area contributed by atoms with Crippen LogP contribution in [0.4, 0.5) is 17.6 Å². The zero-order chi connectivity index (χ0) is 13.8. The van der Waals surface area contributed by atoms with Crippen molar-refractivity contribution in [2.45, 2.75) is 0 Å². The third-order valence-corrected chi connectivity index (χ3v) is 2.64. The Bertz CT molecular complexity index is 593. The molecule has 0 saturated carbocycles. The topological polar surface area (TPSA) is 72.0 Å². The molecule has 100 valence electrons. The second-order valence-corrected chi connectivity index (χ2v) is 4.25. The van der Waals surface area contributed by atoms with Gasteiger partial charge in [-0.05, 0) is 29.8 Å². The van der Waals surface area contributed by atoms with Crippen LogP contribution in [0.5, 0.6) is 5.75 Å². The SMILES string of the molecule is CNc1nc(Cl)nc(Nc2cc(Cl)ccc2OC)n1. The summed E-state index contributed by atoms with van der Waals surface area (Å²) in [4.78, 5) is 12.0. The summed E-state index contributed by atoms with van der Waals surface area (Å²) in [6.07, 6.45) is 0. The smallest absolute Gasteiger partial charge is 0.233 e. The van der Waals surface area contributed by atoms with Crippen molar-refractivity contribution in [3.8, 4) is 5.75 Å². The number of hydrogen-bond donors (Lipinski definition) is 2. The number of aromatic nitrogens is 3. The lowest BCUT2D eigenvalue weighted by Crippen LogP contribution is -2.04. The van der Waals surface area contributed by atoms with E-state index in [1.165, 1.54) is 0 Å². The van der Waals surface area contributed by atoms with E-state index in [1.54, 1.807) is 32.4 Å². The van der Waals surface area contributed by atoms with E-state index in [2.05, 4.69) is 25.6 Å². The third kappa shape index (κ3) is 3.36. The Morgan fingerprint density at radius 1 is 1.11 bits per heavy atom. The Kier molecular flexibility index (Phi) is 4.24. The van der Waals surface area contributed by atoms with Crippen LogP contribution in [0.3, 0.4) is 0 Å². The maximum atomic E-state index is 5.94. The van der Waals surface area contributed by atoms with E-state index in [0.29, 0.717) is 28.4 Å². The maximum Gasteiger partial charge on any atom is 0.233 e. The monoisotopic (exact) mass is 299 g/mol. The van der Waals surface area contributed by atoms with E-state index in [0.717, 1.165) is 0 Å². The number of benzene rings is 1. The van der Waals surface area contributed by atoms with Crippen molar-refractivity contribution in [1.29, 1.82) is 0 Å². The Morgan fingerprint density at radius 3 is 2.53 bits per heavy atom. The summed E-state index contributed by atoms with van der Waals surface area (Å²) in [6, 6.07) is 5.18. The second-order valence-electron chi connectivity index (χ2n) is 3.47. The minimum Gasteiger partial charge on any atom is -0.495 e. The van der Waals surface area contributed by atoms with Gasteiger partial charge in [0.05, 0.1) is 12.8 Å². The van der Waals surface area contributed by atoms with Crippen LogP contribution < -0.4 is 15.4 Å². The number of nitrogens with zero attached hydrogens (tertiary/aromatic N) is 3. The molecule has 0 aliphatic heterocycles. The van der Waals surface area contributed by atoms with Crippen LogP contribution >= 0.6 is 23.2 Å². The highest BCUT2D eigenvalue weighted by Gasteiger charge is 2.08. The van der Waals surface area contributed by atoms with Gasteiger partial charge in [0.1, 0.15) is 5.75 Å². The van der Waals surface area contributed by atoms with Gasteiger partial charge in [-0.15, -0.1) is 0 Å². The summed E-state index contributed by atoms with van der Waals surface area (Å²) in [6.45, 7) is 0. The highest BCUT2D eigenvalue weighted by atomic mass is 35.5.